The summed E-state index contributed by atoms with van der Waals surface area (Å²) >= 11 is 0. The highest BCUT2D eigenvalue weighted by Crippen LogP contribution is 2.29. The lowest BCUT2D eigenvalue weighted by Gasteiger charge is -2.40. The third-order valence-corrected chi connectivity index (χ3v) is 6.55. The Bertz CT molecular complexity index is 956. The van der Waals surface area contributed by atoms with Gasteiger partial charge in [-0.1, -0.05) is 42.3 Å². The third kappa shape index (κ3) is 7.78. The molecule has 2 aliphatic rings. The minimum Gasteiger partial charge on any atom is -0.459 e. The first kappa shape index (κ1) is 30.3. The fraction of sp³-hybridized carbons (Fsp3) is 0.696. The Kier molecular flexibility index (Phi) is 12.1. The second-order valence-electron chi connectivity index (χ2n) is 8.90. The van der Waals surface area contributed by atoms with Gasteiger partial charge < -0.3 is 34.3 Å². The minimum atomic E-state index is -0.865. The van der Waals surface area contributed by atoms with Crippen LogP contribution in [0.3, 0.4) is 0 Å². The van der Waals surface area contributed by atoms with Crippen molar-refractivity contribution in [1.29, 1.82) is 0 Å². The Morgan fingerprint density at radius 1 is 0.973 bits per heavy atom. The van der Waals surface area contributed by atoms with Gasteiger partial charge in [0.2, 0.25) is 0 Å². The number of hydrogen-bond acceptors (Lipinski definition) is 10. The molecule has 14 nitrogen and oxygen atoms in total. The molecule has 0 spiro atoms. The van der Waals surface area contributed by atoms with Crippen molar-refractivity contribution >= 4 is 5.97 Å². The second-order valence-corrected chi connectivity index (χ2v) is 8.90. The van der Waals surface area contributed by atoms with Gasteiger partial charge >= 0.3 is 5.97 Å². The summed E-state index contributed by atoms with van der Waals surface area (Å²) in [6.07, 6.45) is -4.14. The number of hydrogen-bond donors (Lipinski definition) is 3. The third-order valence-electron chi connectivity index (χ3n) is 6.55. The highest BCUT2D eigenvalue weighted by molar-refractivity contribution is 5.89. The molecule has 0 aliphatic carbocycles. The number of nitrogens with zero attached hydrogens (tertiary/aromatic N) is 6. The molecule has 2 heterocycles. The van der Waals surface area contributed by atoms with Crippen LogP contribution in [-0.4, -0.2) is 90.5 Å². The van der Waals surface area contributed by atoms with Crippen molar-refractivity contribution in [1.82, 2.24) is 0 Å². The predicted octanol–water partition coefficient (Wildman–Crippen LogP) is 2.33. The van der Waals surface area contributed by atoms with E-state index in [0.717, 1.165) is 0 Å². The summed E-state index contributed by atoms with van der Waals surface area (Å²) < 4.78 is 21.1. The molecule has 1 aromatic carbocycles. The van der Waals surface area contributed by atoms with Crippen molar-refractivity contribution < 1.29 is 39.1 Å². The average molecular weight is 523 g/mol. The van der Waals surface area contributed by atoms with Gasteiger partial charge in [0.15, 0.2) is 6.29 Å². The number of methoxy groups -OCH3 is 1. The van der Waals surface area contributed by atoms with E-state index in [9.17, 15) is 15.0 Å². The molecular weight excluding hydrogens is 488 g/mol. The van der Waals surface area contributed by atoms with Crippen LogP contribution in [0.1, 0.15) is 31.1 Å². The van der Waals surface area contributed by atoms with Gasteiger partial charge in [-0.15, -0.1) is 0 Å². The number of ether oxygens (including phenoxy) is 4. The van der Waals surface area contributed by atoms with Crippen LogP contribution in [0.15, 0.2) is 40.6 Å². The number of azide groups is 2. The van der Waals surface area contributed by atoms with Gasteiger partial charge in [-0.25, -0.2) is 4.79 Å². The lowest BCUT2D eigenvalue weighted by molar-refractivity contribution is -0.243. The molecule has 204 valence electrons. The summed E-state index contributed by atoms with van der Waals surface area (Å²) in [5.74, 6) is -1.06. The number of rotatable bonds is 7. The van der Waals surface area contributed by atoms with Gasteiger partial charge in [0, 0.05) is 16.9 Å². The van der Waals surface area contributed by atoms with Crippen LogP contribution in [-0.2, 0) is 18.9 Å². The zero-order valence-corrected chi connectivity index (χ0v) is 21.1. The molecule has 10 atom stereocenters. The molecular formula is C23H34N6O8. The van der Waals surface area contributed by atoms with Crippen molar-refractivity contribution in [3.05, 3.63) is 56.8 Å². The maximum Gasteiger partial charge on any atom is 0.338 e. The van der Waals surface area contributed by atoms with Gasteiger partial charge in [0.25, 0.3) is 0 Å². The van der Waals surface area contributed by atoms with E-state index in [1.54, 1.807) is 45.0 Å². The van der Waals surface area contributed by atoms with Gasteiger partial charge in [0.05, 0.1) is 42.6 Å². The fourth-order valence-corrected chi connectivity index (χ4v) is 4.30. The molecule has 0 amide bonds. The standard InChI is InChI=1S/C15H19N3O4.C8H15N3O4/c1-9-13(17-18-16)10(2)22-12(14(9)19)8-21-15(20)11-6-4-3-5-7-11;1-4-6(10-11-9)8(14-2)15-5(3-12)7(4)13/h3-7,9-10,12-14,19H,8H2,1-2H3;4-8,12-13H,3H2,1-2H3/t9?,10-,12?,13+,14+;4?,5?,6-,7-,8-/m10/s1. The minimum absolute atomic E-state index is 0.0490. The molecule has 2 fully saturated rings. The van der Waals surface area contributed by atoms with Crippen LogP contribution < -0.4 is 0 Å². The van der Waals surface area contributed by atoms with Crippen LogP contribution in [0, 0.1) is 11.8 Å². The SMILES string of the molecule is CC1[C@H](O)C(COC(=O)c2ccccc2)O[C@H](C)[C@H]1N=[N+]=[N-].CO[C@H]1OC(CO)[C@@H](O)C(C)[C@@H]1N=[N+]=[N-]. The molecule has 14 heteroatoms. The smallest absolute Gasteiger partial charge is 0.338 e. The van der Waals surface area contributed by atoms with E-state index in [2.05, 4.69) is 20.1 Å². The molecule has 0 aromatic heterocycles. The molecule has 3 N–H and O–H groups in total. The highest BCUT2D eigenvalue weighted by Gasteiger charge is 2.43. The number of esters is 1. The first-order chi connectivity index (χ1) is 17.7. The first-order valence-corrected chi connectivity index (χ1v) is 11.8. The number of carbonyl (C=O) groups excluding carboxylic acids is 1. The van der Waals surface area contributed by atoms with Gasteiger partial charge in [-0.3, -0.25) is 0 Å². The second kappa shape index (κ2) is 14.7. The zero-order chi connectivity index (χ0) is 27.5. The number of benzene rings is 1. The summed E-state index contributed by atoms with van der Waals surface area (Å²) in [5.41, 5.74) is 17.4. The van der Waals surface area contributed by atoms with Crippen LogP contribution in [0.5, 0.6) is 0 Å². The molecule has 2 aliphatic heterocycles. The Balaban J connectivity index is 0.000000281. The van der Waals surface area contributed by atoms with Crippen molar-refractivity contribution in [2.75, 3.05) is 20.3 Å². The van der Waals surface area contributed by atoms with Gasteiger partial charge in [0.1, 0.15) is 18.8 Å². The van der Waals surface area contributed by atoms with Gasteiger partial charge in [-0.05, 0) is 42.0 Å². The van der Waals surface area contributed by atoms with Gasteiger partial charge in [-0.2, -0.15) is 0 Å². The predicted molar refractivity (Wildman–Crippen MR) is 130 cm³/mol. The number of aliphatic hydroxyl groups excluding tert-OH is 3. The Hall–Kier alpha value is -2.93. The number of aliphatic hydroxyl groups is 3. The lowest BCUT2D eigenvalue weighted by Crippen LogP contribution is -2.54. The summed E-state index contributed by atoms with van der Waals surface area (Å²) in [4.78, 5) is 17.4. The summed E-state index contributed by atoms with van der Waals surface area (Å²) in [5, 5.41) is 36.1. The maximum atomic E-state index is 11.9. The normalized spacial score (nSPS) is 35.1. The summed E-state index contributed by atoms with van der Waals surface area (Å²) in [6.45, 7) is 4.94. The summed E-state index contributed by atoms with van der Waals surface area (Å²) in [6, 6.07) is 7.59. The first-order valence-electron chi connectivity index (χ1n) is 11.8. The fourth-order valence-electron chi connectivity index (χ4n) is 4.30. The van der Waals surface area contributed by atoms with E-state index >= 15 is 0 Å². The molecule has 1 aromatic rings. The monoisotopic (exact) mass is 522 g/mol. The van der Waals surface area contributed by atoms with E-state index in [0.29, 0.717) is 5.56 Å². The Morgan fingerprint density at radius 2 is 1.54 bits per heavy atom. The van der Waals surface area contributed by atoms with Crippen LogP contribution >= 0.6 is 0 Å². The molecule has 3 rings (SSSR count). The topological polar surface area (TPSA) is 212 Å². The Labute approximate surface area is 214 Å². The van der Waals surface area contributed by atoms with Crippen molar-refractivity contribution in [3.63, 3.8) is 0 Å². The zero-order valence-electron chi connectivity index (χ0n) is 21.1. The molecule has 0 radical (unpaired) electrons. The van der Waals surface area contributed by atoms with E-state index in [1.807, 2.05) is 6.07 Å². The van der Waals surface area contributed by atoms with Crippen molar-refractivity contribution in [2.45, 2.75) is 69.7 Å². The van der Waals surface area contributed by atoms with Crippen molar-refractivity contribution in [3.8, 4) is 0 Å². The molecule has 37 heavy (non-hydrogen) atoms. The van der Waals surface area contributed by atoms with Crippen LogP contribution in [0.25, 0.3) is 20.9 Å². The lowest BCUT2D eigenvalue weighted by atomic mass is 9.87. The molecule has 0 saturated carbocycles. The van der Waals surface area contributed by atoms with Crippen molar-refractivity contribution in [2.24, 2.45) is 22.1 Å². The van der Waals surface area contributed by atoms with E-state index in [-0.39, 0.29) is 31.2 Å². The number of carbonyl (C=O) groups is 1. The Morgan fingerprint density at radius 3 is 2.11 bits per heavy atom. The van der Waals surface area contributed by atoms with Crippen LogP contribution in [0.4, 0.5) is 0 Å². The van der Waals surface area contributed by atoms with Crippen LogP contribution in [0.2, 0.25) is 0 Å². The highest BCUT2D eigenvalue weighted by atomic mass is 16.7. The average Bonchev–Trinajstić information content (AvgIpc) is 2.91. The molecule has 4 unspecified atom stereocenters. The van der Waals surface area contributed by atoms with E-state index in [4.69, 9.17) is 35.1 Å². The quantitative estimate of drug-likeness (QED) is 0.209. The van der Waals surface area contributed by atoms with E-state index < -0.39 is 48.8 Å². The molecule has 0 bridgehead atoms. The largest absolute Gasteiger partial charge is 0.459 e. The maximum absolute atomic E-state index is 11.9. The van der Waals surface area contributed by atoms with E-state index in [1.165, 1.54) is 7.11 Å². The molecule has 2 saturated heterocycles. The summed E-state index contributed by atoms with van der Waals surface area (Å²) in [7, 11) is 1.42.